The Bertz CT molecular complexity index is 936. The lowest BCUT2D eigenvalue weighted by Crippen LogP contribution is -2.31. The molecule has 2 heterocycles. The maximum Gasteiger partial charge on any atom is 0.130 e. The number of hydrogen-bond acceptors (Lipinski definition) is 5. The van der Waals surface area contributed by atoms with Crippen LogP contribution in [0.4, 0.5) is 5.69 Å². The Balaban J connectivity index is 1.96. The lowest BCUT2D eigenvalue weighted by Gasteiger charge is -2.28. The van der Waals surface area contributed by atoms with Crippen molar-refractivity contribution in [1.82, 2.24) is 4.98 Å². The number of nitrogens with zero attached hydrogens (tertiary/aromatic N) is 1. The molecule has 1 aliphatic rings. The molecule has 0 radical (unpaired) electrons. The van der Waals surface area contributed by atoms with Crippen LogP contribution in [0.3, 0.4) is 0 Å². The van der Waals surface area contributed by atoms with Gasteiger partial charge in [-0.2, -0.15) is 0 Å². The third kappa shape index (κ3) is 4.72. The Hall–Kier alpha value is -1.95. The monoisotopic (exact) mass is 416 g/mol. The van der Waals surface area contributed by atoms with Crippen molar-refractivity contribution in [2.45, 2.75) is 20.8 Å². The minimum Gasteiger partial charge on any atom is -0.493 e. The zero-order valence-electron chi connectivity index (χ0n) is 16.4. The summed E-state index contributed by atoms with van der Waals surface area (Å²) in [6.07, 6.45) is 3.89. The number of hydrogen-bond donors (Lipinski definition) is 1. The predicted molar refractivity (Wildman–Crippen MR) is 121 cm³/mol. The fraction of sp³-hybridized carbons (Fsp3) is 0.318. The third-order valence-corrected chi connectivity index (χ3v) is 6.00. The van der Waals surface area contributed by atoms with Crippen molar-refractivity contribution < 1.29 is 9.47 Å². The lowest BCUT2D eigenvalue weighted by molar-refractivity contribution is -0.0125. The van der Waals surface area contributed by atoms with Gasteiger partial charge in [-0.05, 0) is 39.0 Å². The molecule has 1 N–H and O–H groups in total. The van der Waals surface area contributed by atoms with Gasteiger partial charge in [-0.25, -0.2) is 4.98 Å². The smallest absolute Gasteiger partial charge is 0.130 e. The molecule has 2 aromatic rings. The molecule has 0 atom stereocenters. The van der Waals surface area contributed by atoms with E-state index in [0.29, 0.717) is 16.9 Å². The number of thioether (sulfide) groups is 1. The van der Waals surface area contributed by atoms with E-state index in [-0.39, 0.29) is 0 Å². The number of pyridine rings is 1. The van der Waals surface area contributed by atoms with Crippen molar-refractivity contribution in [3.63, 3.8) is 0 Å². The zero-order valence-corrected chi connectivity index (χ0v) is 18.0. The average molecular weight is 417 g/mol. The van der Waals surface area contributed by atoms with Crippen molar-refractivity contribution in [2.24, 2.45) is 5.92 Å². The van der Waals surface area contributed by atoms with Gasteiger partial charge in [0.05, 0.1) is 35.4 Å². The van der Waals surface area contributed by atoms with E-state index >= 15 is 0 Å². The molecule has 0 amide bonds. The highest BCUT2D eigenvalue weighted by molar-refractivity contribution is 8.13. The fourth-order valence-corrected chi connectivity index (χ4v) is 3.73. The molecule has 28 heavy (non-hydrogen) atoms. The van der Waals surface area contributed by atoms with Gasteiger partial charge in [0.15, 0.2) is 0 Å². The normalized spacial score (nSPS) is 15.4. The average Bonchev–Trinajstić information content (AvgIpc) is 2.64. The summed E-state index contributed by atoms with van der Waals surface area (Å²) in [6.45, 7) is 12.0. The van der Waals surface area contributed by atoms with Crippen LogP contribution in [-0.4, -0.2) is 24.8 Å². The van der Waals surface area contributed by atoms with Gasteiger partial charge in [0.25, 0.3) is 0 Å². The van der Waals surface area contributed by atoms with Crippen LogP contribution in [0.1, 0.15) is 26.5 Å². The molecule has 0 spiro atoms. The number of halogens is 1. The number of aromatic nitrogens is 1. The summed E-state index contributed by atoms with van der Waals surface area (Å²) < 4.78 is 11.9. The molecule has 1 saturated heterocycles. The Morgan fingerprint density at radius 2 is 2.14 bits per heavy atom. The highest BCUT2D eigenvalue weighted by atomic mass is 35.5. The molecule has 1 aromatic heterocycles. The second kappa shape index (κ2) is 9.50. The molecular formula is C22H25ClN2O2S. The molecule has 0 saturated carbocycles. The number of fused-ring (bicyclic) bond motifs is 1. The topological polar surface area (TPSA) is 43.4 Å². The van der Waals surface area contributed by atoms with Gasteiger partial charge >= 0.3 is 0 Å². The van der Waals surface area contributed by atoms with Gasteiger partial charge in [-0.15, -0.1) is 0 Å². The summed E-state index contributed by atoms with van der Waals surface area (Å²) in [5.41, 5.74) is 3.67. The first-order chi connectivity index (χ1) is 13.5. The number of benzene rings is 1. The van der Waals surface area contributed by atoms with Crippen molar-refractivity contribution in [1.29, 1.82) is 0 Å². The van der Waals surface area contributed by atoms with Crippen LogP contribution in [0.25, 0.3) is 15.8 Å². The quantitative estimate of drug-likeness (QED) is 0.539. The lowest BCUT2D eigenvalue weighted by atomic mass is 10.0. The van der Waals surface area contributed by atoms with E-state index in [4.69, 9.17) is 26.1 Å². The van der Waals surface area contributed by atoms with Crippen molar-refractivity contribution in [2.75, 3.05) is 25.1 Å². The molecule has 1 aromatic carbocycles. The zero-order chi connectivity index (χ0) is 20.1. The van der Waals surface area contributed by atoms with Crippen LogP contribution in [0.15, 0.2) is 53.1 Å². The summed E-state index contributed by atoms with van der Waals surface area (Å²) in [5, 5.41) is 4.35. The Labute approximate surface area is 175 Å². The van der Waals surface area contributed by atoms with E-state index in [1.807, 2.05) is 51.1 Å². The summed E-state index contributed by atoms with van der Waals surface area (Å²) in [6, 6.07) is 8.06. The van der Waals surface area contributed by atoms with Gasteiger partial charge in [0.1, 0.15) is 5.75 Å². The van der Waals surface area contributed by atoms with Crippen molar-refractivity contribution in [3.8, 4) is 5.75 Å². The molecule has 1 fully saturated rings. The van der Waals surface area contributed by atoms with Crippen LogP contribution in [0, 0.1) is 5.92 Å². The van der Waals surface area contributed by atoms with Crippen molar-refractivity contribution >= 4 is 44.9 Å². The minimum atomic E-state index is 0.369. The van der Waals surface area contributed by atoms with Crippen LogP contribution >= 0.6 is 23.4 Å². The van der Waals surface area contributed by atoms with Gasteiger partial charge in [-0.1, -0.05) is 42.1 Å². The number of nitrogens with one attached hydrogen (secondary N) is 1. The molecular weight excluding hydrogens is 392 g/mol. The molecule has 3 rings (SSSR count). The van der Waals surface area contributed by atoms with E-state index in [0.717, 1.165) is 51.8 Å². The standard InChI is InChI=1S/C22H25ClN2O2S/c1-5-21(28-22(23)6-2)19-11-20(27-7-3)17-10-16(8-9-18(17)25-19)24-14(4)15-12-26-13-15/h5-6,8-11,15,24H,4,7,12-13H2,1-3H3/b21-5-,22-6-. The third-order valence-electron chi connectivity index (χ3n) is 4.46. The molecule has 1 aliphatic heterocycles. The molecule has 4 nitrogen and oxygen atoms in total. The number of rotatable bonds is 8. The summed E-state index contributed by atoms with van der Waals surface area (Å²) in [5.74, 6) is 1.17. The van der Waals surface area contributed by atoms with Gasteiger partial charge in [0.2, 0.25) is 0 Å². The van der Waals surface area contributed by atoms with E-state index in [1.165, 1.54) is 11.8 Å². The second-order valence-electron chi connectivity index (χ2n) is 6.40. The molecule has 0 bridgehead atoms. The van der Waals surface area contributed by atoms with Crippen LogP contribution < -0.4 is 10.1 Å². The highest BCUT2D eigenvalue weighted by Gasteiger charge is 2.21. The van der Waals surface area contributed by atoms with Gasteiger partial charge in [0, 0.05) is 33.7 Å². The van der Waals surface area contributed by atoms with Crippen LogP contribution in [0.5, 0.6) is 5.75 Å². The summed E-state index contributed by atoms with van der Waals surface area (Å²) in [4.78, 5) is 5.83. The first kappa shape index (κ1) is 20.8. The van der Waals surface area contributed by atoms with Crippen molar-refractivity contribution in [3.05, 3.63) is 58.8 Å². The number of anilines is 1. The van der Waals surface area contributed by atoms with E-state index in [2.05, 4.69) is 18.0 Å². The summed E-state index contributed by atoms with van der Waals surface area (Å²) >= 11 is 7.71. The highest BCUT2D eigenvalue weighted by Crippen LogP contribution is 2.38. The second-order valence-corrected chi connectivity index (χ2v) is 8.12. The molecule has 0 aliphatic carbocycles. The fourth-order valence-electron chi connectivity index (χ4n) is 2.82. The molecule has 0 unspecified atom stereocenters. The Kier molecular flexibility index (Phi) is 7.05. The number of ether oxygens (including phenoxy) is 2. The van der Waals surface area contributed by atoms with E-state index in [1.54, 1.807) is 0 Å². The predicted octanol–water partition coefficient (Wildman–Crippen LogP) is 6.40. The maximum absolute atomic E-state index is 6.22. The van der Waals surface area contributed by atoms with Crippen LogP contribution in [-0.2, 0) is 4.74 Å². The maximum atomic E-state index is 6.22. The summed E-state index contributed by atoms with van der Waals surface area (Å²) in [7, 11) is 0. The first-order valence-electron chi connectivity index (χ1n) is 9.33. The number of allylic oxidation sites excluding steroid dienone is 2. The van der Waals surface area contributed by atoms with Crippen LogP contribution in [0.2, 0.25) is 0 Å². The Morgan fingerprint density at radius 1 is 1.36 bits per heavy atom. The SMILES string of the molecule is C=C(Nc1ccc2nc(/C(=C/C)S/C(Cl)=C\C)cc(OCC)c2c1)C1COC1. The molecule has 148 valence electrons. The molecule has 6 heteroatoms. The first-order valence-corrected chi connectivity index (χ1v) is 10.5. The van der Waals surface area contributed by atoms with E-state index < -0.39 is 0 Å². The largest absolute Gasteiger partial charge is 0.493 e. The Morgan fingerprint density at radius 3 is 2.75 bits per heavy atom. The van der Waals surface area contributed by atoms with Gasteiger partial charge < -0.3 is 14.8 Å². The van der Waals surface area contributed by atoms with Gasteiger partial charge in [-0.3, -0.25) is 0 Å². The minimum absolute atomic E-state index is 0.369. The van der Waals surface area contributed by atoms with E-state index in [9.17, 15) is 0 Å².